The lowest BCUT2D eigenvalue weighted by Gasteiger charge is -2.07. The van der Waals surface area contributed by atoms with Crippen LogP contribution in [0.5, 0.6) is 0 Å². The maximum absolute atomic E-state index is 8.83. The van der Waals surface area contributed by atoms with Gasteiger partial charge in [-0.05, 0) is 18.6 Å². The molecule has 0 aliphatic carbocycles. The molecule has 0 radical (unpaired) electrons. The summed E-state index contributed by atoms with van der Waals surface area (Å²) in [5.41, 5.74) is 4.44. The Labute approximate surface area is 82.5 Å². The number of ether oxygens (including phenoxy) is 1. The van der Waals surface area contributed by atoms with Crippen molar-refractivity contribution < 1.29 is 4.74 Å². The van der Waals surface area contributed by atoms with E-state index in [0.717, 1.165) is 11.3 Å². The van der Waals surface area contributed by atoms with Crippen LogP contribution in [0.4, 0.5) is 5.82 Å². The van der Waals surface area contributed by atoms with Crippen LogP contribution in [0.25, 0.3) is 0 Å². The van der Waals surface area contributed by atoms with Gasteiger partial charge in [0.1, 0.15) is 6.07 Å². The minimum absolute atomic E-state index is 0.388. The molecule has 14 heavy (non-hydrogen) atoms. The van der Waals surface area contributed by atoms with Crippen LogP contribution in [0.15, 0.2) is 6.07 Å². The van der Waals surface area contributed by atoms with Gasteiger partial charge in [-0.3, -0.25) is 0 Å². The van der Waals surface area contributed by atoms with Crippen LogP contribution < -0.4 is 11.3 Å². The Balaban J connectivity index is 3.19. The number of nitrogens with two attached hydrogens (primary N) is 1. The van der Waals surface area contributed by atoms with Gasteiger partial charge >= 0.3 is 0 Å². The van der Waals surface area contributed by atoms with Gasteiger partial charge in [0.25, 0.3) is 0 Å². The molecule has 1 aromatic rings. The van der Waals surface area contributed by atoms with Crippen molar-refractivity contribution in [3.8, 4) is 6.07 Å². The molecule has 5 nitrogen and oxygen atoms in total. The molecule has 0 aliphatic heterocycles. The zero-order valence-corrected chi connectivity index (χ0v) is 8.16. The number of nitrogens with one attached hydrogen (secondary N) is 1. The van der Waals surface area contributed by atoms with Crippen molar-refractivity contribution in [2.24, 2.45) is 5.84 Å². The lowest BCUT2D eigenvalue weighted by atomic mass is 10.1. The molecule has 0 unspecified atom stereocenters. The first-order valence-electron chi connectivity index (χ1n) is 4.09. The van der Waals surface area contributed by atoms with Crippen LogP contribution in [-0.2, 0) is 11.3 Å². The smallest absolute Gasteiger partial charge is 0.158 e. The number of aromatic nitrogens is 1. The van der Waals surface area contributed by atoms with Crippen LogP contribution in [0.1, 0.15) is 16.8 Å². The first kappa shape index (κ1) is 10.4. The predicted octanol–water partition coefficient (Wildman–Crippen LogP) is 0.694. The van der Waals surface area contributed by atoms with Crippen LogP contribution in [-0.4, -0.2) is 12.1 Å². The highest BCUT2D eigenvalue weighted by atomic mass is 16.5. The van der Waals surface area contributed by atoms with Gasteiger partial charge in [0.05, 0.1) is 17.9 Å². The number of hydrogen-bond acceptors (Lipinski definition) is 5. The van der Waals surface area contributed by atoms with E-state index >= 15 is 0 Å². The highest BCUT2D eigenvalue weighted by molar-refractivity contribution is 5.55. The normalized spacial score (nSPS) is 9.57. The fourth-order valence-electron chi connectivity index (χ4n) is 1.21. The van der Waals surface area contributed by atoms with Crippen molar-refractivity contribution in [2.75, 3.05) is 12.5 Å². The number of pyridine rings is 1. The molecule has 0 spiro atoms. The number of rotatable bonds is 3. The summed E-state index contributed by atoms with van der Waals surface area (Å²) in [7, 11) is 1.59. The number of hydrogen-bond donors (Lipinski definition) is 2. The Morgan fingerprint density at radius 1 is 1.71 bits per heavy atom. The van der Waals surface area contributed by atoms with Gasteiger partial charge in [-0.25, -0.2) is 10.8 Å². The molecule has 1 rings (SSSR count). The van der Waals surface area contributed by atoms with Crippen molar-refractivity contribution >= 4 is 5.82 Å². The third-order valence-electron chi connectivity index (χ3n) is 1.81. The molecule has 5 heteroatoms. The number of anilines is 1. The second kappa shape index (κ2) is 4.56. The zero-order chi connectivity index (χ0) is 10.6. The van der Waals surface area contributed by atoms with Gasteiger partial charge in [0.2, 0.25) is 0 Å². The summed E-state index contributed by atoms with van der Waals surface area (Å²) in [5, 5.41) is 8.83. The van der Waals surface area contributed by atoms with Gasteiger partial charge in [-0.1, -0.05) is 0 Å². The maximum atomic E-state index is 8.83. The Bertz CT molecular complexity index is 370. The maximum Gasteiger partial charge on any atom is 0.158 e. The van der Waals surface area contributed by atoms with E-state index in [0.29, 0.717) is 18.0 Å². The lowest BCUT2D eigenvalue weighted by Crippen LogP contribution is -2.12. The summed E-state index contributed by atoms with van der Waals surface area (Å²) in [6, 6.07) is 3.85. The average Bonchev–Trinajstić information content (AvgIpc) is 2.17. The van der Waals surface area contributed by atoms with E-state index in [4.69, 9.17) is 15.8 Å². The standard InChI is InChI=1S/C9H12N4O/c1-6-3-7(5-14-2)12-9(13-11)8(6)4-10/h3H,5,11H2,1-2H3,(H,12,13). The van der Waals surface area contributed by atoms with Gasteiger partial charge in [-0.2, -0.15) is 5.26 Å². The predicted molar refractivity (Wildman–Crippen MR) is 52.2 cm³/mol. The molecule has 1 heterocycles. The SMILES string of the molecule is COCc1cc(C)c(C#N)c(NN)n1. The minimum atomic E-state index is 0.388. The number of methoxy groups -OCH3 is 1. The van der Waals surface area contributed by atoms with Crippen molar-refractivity contribution in [3.63, 3.8) is 0 Å². The van der Waals surface area contributed by atoms with E-state index in [1.54, 1.807) is 7.11 Å². The number of nitrogen functional groups attached to an aromatic ring is 1. The quantitative estimate of drug-likeness (QED) is 0.543. The van der Waals surface area contributed by atoms with Crippen LogP contribution >= 0.6 is 0 Å². The lowest BCUT2D eigenvalue weighted by molar-refractivity contribution is 0.181. The number of hydrazine groups is 1. The van der Waals surface area contributed by atoms with E-state index in [2.05, 4.69) is 10.4 Å². The molecule has 0 saturated heterocycles. The topological polar surface area (TPSA) is 84.0 Å². The molecular weight excluding hydrogens is 180 g/mol. The summed E-state index contributed by atoms with van der Waals surface area (Å²) in [6.07, 6.45) is 0. The first-order chi connectivity index (χ1) is 6.72. The van der Waals surface area contributed by atoms with E-state index in [1.807, 2.05) is 19.1 Å². The molecular formula is C9H12N4O. The molecule has 1 aromatic heterocycles. The molecule has 0 aliphatic rings. The minimum Gasteiger partial charge on any atom is -0.378 e. The Hall–Kier alpha value is -1.64. The number of nitriles is 1. The summed E-state index contributed by atoms with van der Waals surface area (Å²) in [6.45, 7) is 2.24. The third-order valence-corrected chi connectivity index (χ3v) is 1.81. The molecule has 3 N–H and O–H groups in total. The number of aryl methyl sites for hydroxylation is 1. The molecule has 0 saturated carbocycles. The molecule has 0 aromatic carbocycles. The van der Waals surface area contributed by atoms with E-state index in [9.17, 15) is 0 Å². The van der Waals surface area contributed by atoms with Crippen LogP contribution in [0.2, 0.25) is 0 Å². The van der Waals surface area contributed by atoms with Crippen molar-refractivity contribution in [1.82, 2.24) is 4.98 Å². The molecule has 0 amide bonds. The second-order valence-corrected chi connectivity index (χ2v) is 2.84. The first-order valence-corrected chi connectivity index (χ1v) is 4.09. The Kier molecular flexibility index (Phi) is 3.40. The summed E-state index contributed by atoms with van der Waals surface area (Å²) >= 11 is 0. The van der Waals surface area contributed by atoms with E-state index in [1.165, 1.54) is 0 Å². The van der Waals surface area contributed by atoms with Crippen molar-refractivity contribution in [2.45, 2.75) is 13.5 Å². The van der Waals surface area contributed by atoms with Gasteiger partial charge in [0.15, 0.2) is 5.82 Å². The molecule has 74 valence electrons. The summed E-state index contributed by atoms with van der Waals surface area (Å²) in [4.78, 5) is 4.13. The summed E-state index contributed by atoms with van der Waals surface area (Å²) < 4.78 is 4.94. The van der Waals surface area contributed by atoms with E-state index in [-0.39, 0.29) is 0 Å². The van der Waals surface area contributed by atoms with Crippen molar-refractivity contribution in [1.29, 1.82) is 5.26 Å². The molecule has 0 fully saturated rings. The van der Waals surface area contributed by atoms with E-state index < -0.39 is 0 Å². The fourth-order valence-corrected chi connectivity index (χ4v) is 1.21. The average molecular weight is 192 g/mol. The Morgan fingerprint density at radius 2 is 2.43 bits per heavy atom. The number of nitrogens with zero attached hydrogens (tertiary/aromatic N) is 2. The van der Waals surface area contributed by atoms with Gasteiger partial charge in [-0.15, -0.1) is 0 Å². The molecule has 0 bridgehead atoms. The van der Waals surface area contributed by atoms with Crippen LogP contribution in [0.3, 0.4) is 0 Å². The highest BCUT2D eigenvalue weighted by Gasteiger charge is 2.08. The van der Waals surface area contributed by atoms with Gasteiger partial charge < -0.3 is 10.2 Å². The molecule has 0 atom stereocenters. The summed E-state index contributed by atoms with van der Waals surface area (Å²) in [5.74, 6) is 5.64. The Morgan fingerprint density at radius 3 is 2.93 bits per heavy atom. The zero-order valence-electron chi connectivity index (χ0n) is 8.16. The largest absolute Gasteiger partial charge is 0.378 e. The van der Waals surface area contributed by atoms with Crippen molar-refractivity contribution in [3.05, 3.63) is 22.9 Å². The van der Waals surface area contributed by atoms with Crippen LogP contribution in [0, 0.1) is 18.3 Å². The van der Waals surface area contributed by atoms with Gasteiger partial charge in [0, 0.05) is 7.11 Å². The monoisotopic (exact) mass is 192 g/mol. The fraction of sp³-hybridized carbons (Fsp3) is 0.333. The highest BCUT2D eigenvalue weighted by Crippen LogP contribution is 2.16. The third kappa shape index (κ3) is 1.99. The second-order valence-electron chi connectivity index (χ2n) is 2.84.